The van der Waals surface area contributed by atoms with Crippen molar-refractivity contribution in [1.29, 1.82) is 0 Å². The molecule has 26 heavy (non-hydrogen) atoms. The summed E-state index contributed by atoms with van der Waals surface area (Å²) in [7, 11) is 0. The lowest BCUT2D eigenvalue weighted by Gasteiger charge is -2.25. The van der Waals surface area contributed by atoms with Crippen molar-refractivity contribution in [2.24, 2.45) is 11.5 Å². The van der Waals surface area contributed by atoms with Crippen LogP contribution in [-0.2, 0) is 24.0 Å². The fourth-order valence-corrected chi connectivity index (χ4v) is 1.74. The predicted octanol–water partition coefficient (Wildman–Crippen LogP) is -3.85. The van der Waals surface area contributed by atoms with Gasteiger partial charge in [-0.15, -0.1) is 0 Å². The summed E-state index contributed by atoms with van der Waals surface area (Å²) in [4.78, 5) is 57.9. The van der Waals surface area contributed by atoms with Crippen LogP contribution in [0, 0.1) is 0 Å². The summed E-state index contributed by atoms with van der Waals surface area (Å²) in [6, 6.07) is -5.17. The third-order valence-electron chi connectivity index (χ3n) is 3.24. The van der Waals surface area contributed by atoms with Gasteiger partial charge in [-0.3, -0.25) is 24.0 Å². The van der Waals surface area contributed by atoms with Crippen LogP contribution in [0.4, 0.5) is 0 Å². The molecule has 12 heteroatoms. The van der Waals surface area contributed by atoms with E-state index < -0.39 is 66.3 Å². The number of hydrogen-bond acceptors (Lipinski definition) is 7. The molecule has 0 rings (SSSR count). The topological polar surface area (TPSA) is 214 Å². The van der Waals surface area contributed by atoms with Crippen molar-refractivity contribution in [3.8, 4) is 0 Å². The van der Waals surface area contributed by atoms with Gasteiger partial charge >= 0.3 is 5.97 Å². The van der Waals surface area contributed by atoms with Gasteiger partial charge in [-0.2, -0.15) is 0 Å². The molecule has 0 aromatic heterocycles. The summed E-state index contributed by atoms with van der Waals surface area (Å²) in [6.07, 6.45) is -1.95. The van der Waals surface area contributed by atoms with Crippen molar-refractivity contribution < 1.29 is 34.2 Å². The Morgan fingerprint density at radius 1 is 0.923 bits per heavy atom. The molecule has 0 aliphatic heterocycles. The molecule has 0 radical (unpaired) electrons. The Bertz CT molecular complexity index is 564. The highest BCUT2D eigenvalue weighted by atomic mass is 16.4. The number of rotatable bonds is 10. The number of nitrogens with one attached hydrogen (secondary N) is 3. The molecule has 0 aromatic carbocycles. The number of carboxylic acid groups (broad SMARTS) is 1. The van der Waals surface area contributed by atoms with Gasteiger partial charge in [0.1, 0.15) is 18.1 Å². The van der Waals surface area contributed by atoms with E-state index in [4.69, 9.17) is 16.6 Å². The summed E-state index contributed by atoms with van der Waals surface area (Å²) < 4.78 is 0. The fraction of sp³-hybridized carbons (Fsp3) is 0.643. The van der Waals surface area contributed by atoms with Crippen LogP contribution >= 0.6 is 0 Å². The zero-order valence-corrected chi connectivity index (χ0v) is 14.7. The maximum atomic E-state index is 12.3. The molecule has 0 spiro atoms. The molecule has 9 N–H and O–H groups in total. The number of nitrogens with two attached hydrogens (primary N) is 2. The highest BCUT2D eigenvalue weighted by molar-refractivity contribution is 5.96. The number of aliphatic hydroxyl groups excluding tert-OH is 1. The Morgan fingerprint density at radius 2 is 1.46 bits per heavy atom. The van der Waals surface area contributed by atoms with E-state index in [9.17, 15) is 29.1 Å². The Hall–Kier alpha value is -2.73. The van der Waals surface area contributed by atoms with Gasteiger partial charge in [-0.05, 0) is 20.8 Å². The van der Waals surface area contributed by atoms with Crippen LogP contribution in [0.25, 0.3) is 0 Å². The lowest BCUT2D eigenvalue weighted by atomic mass is 10.1. The second-order valence-electron chi connectivity index (χ2n) is 5.82. The SMILES string of the molecule is CC(N)C(=O)NC(C(=O)NC(CC(N)=O)C(=O)NC(C)C(=O)O)C(C)O. The summed E-state index contributed by atoms with van der Waals surface area (Å²) in [5.41, 5.74) is 10.4. The minimum atomic E-state index is -1.49. The molecule has 4 amide bonds. The highest BCUT2D eigenvalue weighted by Crippen LogP contribution is 2.00. The second-order valence-corrected chi connectivity index (χ2v) is 5.82. The summed E-state index contributed by atoms with van der Waals surface area (Å²) in [5.74, 6) is -4.91. The van der Waals surface area contributed by atoms with Crippen molar-refractivity contribution in [3.05, 3.63) is 0 Å². The van der Waals surface area contributed by atoms with Gasteiger partial charge in [0, 0.05) is 0 Å². The van der Waals surface area contributed by atoms with E-state index in [1.165, 1.54) is 20.8 Å². The van der Waals surface area contributed by atoms with Crippen molar-refractivity contribution >= 4 is 29.6 Å². The Kier molecular flexibility index (Phi) is 9.22. The lowest BCUT2D eigenvalue weighted by Crippen LogP contribution is -2.59. The van der Waals surface area contributed by atoms with Crippen LogP contribution in [-0.4, -0.2) is 70.1 Å². The normalized spacial score (nSPS) is 16.3. The molecular formula is C14H25N5O7. The first-order valence-electron chi connectivity index (χ1n) is 7.72. The van der Waals surface area contributed by atoms with Gasteiger partial charge in [0.15, 0.2) is 0 Å². The number of aliphatic carboxylic acids is 1. The molecule has 0 saturated heterocycles. The largest absolute Gasteiger partial charge is 0.480 e. The zero-order valence-electron chi connectivity index (χ0n) is 14.7. The van der Waals surface area contributed by atoms with Crippen LogP contribution in [0.3, 0.4) is 0 Å². The minimum absolute atomic E-state index is 0.613. The molecule has 0 bridgehead atoms. The molecule has 0 aliphatic carbocycles. The van der Waals surface area contributed by atoms with Gasteiger partial charge in [0.2, 0.25) is 23.6 Å². The monoisotopic (exact) mass is 375 g/mol. The number of hydrogen-bond donors (Lipinski definition) is 7. The van der Waals surface area contributed by atoms with E-state index in [0.717, 1.165) is 0 Å². The van der Waals surface area contributed by atoms with Crippen molar-refractivity contribution in [2.45, 2.75) is 57.5 Å². The van der Waals surface area contributed by atoms with E-state index in [1.807, 2.05) is 0 Å². The van der Waals surface area contributed by atoms with Crippen LogP contribution in [0.2, 0.25) is 0 Å². The first-order valence-corrected chi connectivity index (χ1v) is 7.72. The Labute approximate surface area is 149 Å². The van der Waals surface area contributed by atoms with Crippen molar-refractivity contribution in [1.82, 2.24) is 16.0 Å². The third kappa shape index (κ3) is 7.90. The molecular weight excluding hydrogens is 350 g/mol. The minimum Gasteiger partial charge on any atom is -0.480 e. The van der Waals surface area contributed by atoms with Gasteiger partial charge < -0.3 is 37.6 Å². The van der Waals surface area contributed by atoms with Crippen LogP contribution < -0.4 is 27.4 Å². The molecule has 5 atom stereocenters. The zero-order chi connectivity index (χ0) is 20.6. The number of carbonyl (C=O) groups excluding carboxylic acids is 4. The summed E-state index contributed by atoms with van der Waals surface area (Å²) >= 11 is 0. The maximum absolute atomic E-state index is 12.3. The molecule has 0 aromatic rings. The molecule has 12 nitrogen and oxygen atoms in total. The molecule has 0 saturated carbocycles. The summed E-state index contributed by atoms with van der Waals surface area (Å²) in [6.45, 7) is 3.77. The lowest BCUT2D eigenvalue weighted by molar-refractivity contribution is -0.142. The smallest absolute Gasteiger partial charge is 0.325 e. The maximum Gasteiger partial charge on any atom is 0.325 e. The Morgan fingerprint density at radius 3 is 1.85 bits per heavy atom. The predicted molar refractivity (Wildman–Crippen MR) is 88.2 cm³/mol. The van der Waals surface area contributed by atoms with Gasteiger partial charge in [0.05, 0.1) is 18.6 Å². The molecule has 5 unspecified atom stereocenters. The first kappa shape index (κ1) is 23.3. The van der Waals surface area contributed by atoms with E-state index >= 15 is 0 Å². The second kappa shape index (κ2) is 10.3. The average molecular weight is 375 g/mol. The summed E-state index contributed by atoms with van der Waals surface area (Å²) in [5, 5.41) is 24.9. The van der Waals surface area contributed by atoms with Crippen LogP contribution in [0.15, 0.2) is 0 Å². The van der Waals surface area contributed by atoms with E-state index in [-0.39, 0.29) is 0 Å². The van der Waals surface area contributed by atoms with Gasteiger partial charge in [0.25, 0.3) is 0 Å². The van der Waals surface area contributed by atoms with E-state index in [0.29, 0.717) is 0 Å². The molecule has 0 heterocycles. The van der Waals surface area contributed by atoms with E-state index in [2.05, 4.69) is 16.0 Å². The van der Waals surface area contributed by atoms with Crippen LogP contribution in [0.5, 0.6) is 0 Å². The van der Waals surface area contributed by atoms with Crippen LogP contribution in [0.1, 0.15) is 27.2 Å². The van der Waals surface area contributed by atoms with E-state index in [1.54, 1.807) is 0 Å². The third-order valence-corrected chi connectivity index (χ3v) is 3.24. The highest BCUT2D eigenvalue weighted by Gasteiger charge is 2.31. The number of aliphatic hydroxyl groups is 1. The molecule has 0 aliphatic rings. The standard InChI is InChI=1S/C14H25N5O7/c1-5(15)11(22)19-10(7(3)20)13(24)18-8(4-9(16)21)12(23)17-6(2)14(25)26/h5-8,10,20H,4,15H2,1-3H3,(H2,16,21)(H,17,23)(H,18,24)(H,19,22)(H,25,26). The quantitative estimate of drug-likeness (QED) is 0.200. The molecule has 0 fully saturated rings. The first-order chi connectivity index (χ1) is 11.9. The Balaban J connectivity index is 5.24. The number of primary amides is 1. The molecule has 148 valence electrons. The fourth-order valence-electron chi connectivity index (χ4n) is 1.74. The average Bonchev–Trinajstić information content (AvgIpc) is 2.50. The number of amides is 4. The van der Waals surface area contributed by atoms with Crippen molar-refractivity contribution in [3.63, 3.8) is 0 Å². The van der Waals surface area contributed by atoms with Gasteiger partial charge in [-0.25, -0.2) is 0 Å². The number of carbonyl (C=O) groups is 5. The number of carboxylic acids is 1. The van der Waals surface area contributed by atoms with Gasteiger partial charge in [-0.1, -0.05) is 0 Å². The van der Waals surface area contributed by atoms with Crippen molar-refractivity contribution in [2.75, 3.05) is 0 Å².